The van der Waals surface area contributed by atoms with E-state index in [9.17, 15) is 4.79 Å². The molecule has 0 unspecified atom stereocenters. The molecule has 3 aromatic rings. The first-order chi connectivity index (χ1) is 17.6. The van der Waals surface area contributed by atoms with Crippen molar-refractivity contribution in [2.24, 2.45) is 5.41 Å². The van der Waals surface area contributed by atoms with Gasteiger partial charge in [0.1, 0.15) is 0 Å². The highest BCUT2D eigenvalue weighted by atomic mass is 32.2. The van der Waals surface area contributed by atoms with Gasteiger partial charge in [-0.05, 0) is 68.4 Å². The number of carbonyl (C=O) groups is 1. The number of thiazole rings is 1. The number of hydrogen-bond acceptors (Lipinski definition) is 8. The second-order valence-electron chi connectivity index (χ2n) is 10.7. The Bertz CT molecular complexity index is 1220. The fourth-order valence-corrected chi connectivity index (χ4v) is 7.52. The van der Waals surface area contributed by atoms with Crippen molar-refractivity contribution >= 4 is 50.3 Å². The third-order valence-corrected chi connectivity index (χ3v) is 9.86. The van der Waals surface area contributed by atoms with Crippen molar-refractivity contribution in [2.45, 2.75) is 74.8 Å². The number of likely N-dealkylation sites (tertiary alicyclic amines) is 1. The molecule has 2 aromatic heterocycles. The minimum absolute atomic E-state index is 0.180. The van der Waals surface area contributed by atoms with Crippen molar-refractivity contribution in [1.29, 1.82) is 0 Å². The first-order valence-corrected chi connectivity index (χ1v) is 15.2. The summed E-state index contributed by atoms with van der Waals surface area (Å²) in [7, 11) is 0. The average molecular weight is 523 g/mol. The second kappa shape index (κ2) is 10.2. The molecular formula is C27H34N6OS2. The molecule has 1 amide bonds. The Balaban J connectivity index is 1.07. The number of anilines is 2. The minimum Gasteiger partial charge on any atom is -0.359 e. The van der Waals surface area contributed by atoms with E-state index in [2.05, 4.69) is 25.5 Å². The SMILES string of the molecule is CSc1cnc(N[C@H]2CC[C@H](Nc3nc4ccc(C(=O)N5CCC6(CCCCC6)C5)cc4s3)C2)nc1. The van der Waals surface area contributed by atoms with E-state index in [-0.39, 0.29) is 5.91 Å². The van der Waals surface area contributed by atoms with E-state index in [1.807, 2.05) is 36.8 Å². The van der Waals surface area contributed by atoms with Crippen LogP contribution in [0.2, 0.25) is 0 Å². The molecular weight excluding hydrogens is 488 g/mol. The molecule has 190 valence electrons. The summed E-state index contributed by atoms with van der Waals surface area (Å²) in [5.41, 5.74) is 2.14. The quantitative estimate of drug-likeness (QED) is 0.381. The molecule has 9 heteroatoms. The van der Waals surface area contributed by atoms with Crippen LogP contribution in [0.5, 0.6) is 0 Å². The van der Waals surface area contributed by atoms with Gasteiger partial charge in [-0.1, -0.05) is 30.6 Å². The monoisotopic (exact) mass is 522 g/mol. The highest BCUT2D eigenvalue weighted by Crippen LogP contribution is 2.44. The van der Waals surface area contributed by atoms with E-state index in [1.165, 1.54) is 38.5 Å². The molecule has 3 heterocycles. The molecule has 1 aliphatic heterocycles. The third-order valence-electron chi connectivity index (χ3n) is 8.23. The highest BCUT2D eigenvalue weighted by Gasteiger charge is 2.40. The fourth-order valence-electron chi connectivity index (χ4n) is 6.22. The molecule has 2 atom stereocenters. The van der Waals surface area contributed by atoms with Crippen LogP contribution in [-0.2, 0) is 0 Å². The van der Waals surface area contributed by atoms with Crippen LogP contribution in [0.15, 0.2) is 35.5 Å². The van der Waals surface area contributed by atoms with Gasteiger partial charge in [-0.15, -0.1) is 11.8 Å². The molecule has 6 rings (SSSR count). The number of carbonyl (C=O) groups excluding carboxylic acids is 1. The van der Waals surface area contributed by atoms with Crippen molar-refractivity contribution in [3.63, 3.8) is 0 Å². The van der Waals surface area contributed by atoms with Gasteiger partial charge in [-0.25, -0.2) is 15.0 Å². The highest BCUT2D eigenvalue weighted by molar-refractivity contribution is 7.98. The zero-order valence-electron chi connectivity index (χ0n) is 20.8. The van der Waals surface area contributed by atoms with Crippen molar-refractivity contribution < 1.29 is 4.79 Å². The molecule has 1 spiro atoms. The van der Waals surface area contributed by atoms with Crippen molar-refractivity contribution in [2.75, 3.05) is 30.0 Å². The van der Waals surface area contributed by atoms with Gasteiger partial charge >= 0.3 is 0 Å². The average Bonchev–Trinajstić information content (AvgIpc) is 3.63. The Morgan fingerprint density at radius 2 is 1.86 bits per heavy atom. The predicted octanol–water partition coefficient (Wildman–Crippen LogP) is 6.05. The summed E-state index contributed by atoms with van der Waals surface area (Å²) in [6.45, 7) is 1.83. The number of nitrogens with zero attached hydrogens (tertiary/aromatic N) is 4. The fraction of sp³-hybridized carbons (Fsp3) is 0.556. The van der Waals surface area contributed by atoms with Gasteiger partial charge in [0.05, 0.1) is 10.2 Å². The lowest BCUT2D eigenvalue weighted by molar-refractivity contribution is 0.0759. The lowest BCUT2D eigenvalue weighted by Crippen LogP contribution is -2.33. The van der Waals surface area contributed by atoms with Crippen molar-refractivity contribution in [1.82, 2.24) is 19.9 Å². The molecule has 2 N–H and O–H groups in total. The summed E-state index contributed by atoms with van der Waals surface area (Å²) in [6, 6.07) is 6.73. The van der Waals surface area contributed by atoms with Gasteiger partial charge in [0.25, 0.3) is 5.91 Å². The summed E-state index contributed by atoms with van der Waals surface area (Å²) in [5, 5.41) is 8.04. The lowest BCUT2D eigenvalue weighted by Gasteiger charge is -2.33. The minimum atomic E-state index is 0.180. The molecule has 7 nitrogen and oxygen atoms in total. The zero-order chi connectivity index (χ0) is 24.5. The molecule has 2 aliphatic carbocycles. The van der Waals surface area contributed by atoms with Crippen LogP contribution in [0.1, 0.15) is 68.1 Å². The number of benzene rings is 1. The molecule has 36 heavy (non-hydrogen) atoms. The number of nitrogens with one attached hydrogen (secondary N) is 2. The Labute approximate surface area is 220 Å². The smallest absolute Gasteiger partial charge is 0.253 e. The van der Waals surface area contributed by atoms with Gasteiger partial charge in [0, 0.05) is 48.0 Å². The number of fused-ring (bicyclic) bond motifs is 1. The number of hydrogen-bond donors (Lipinski definition) is 2. The topological polar surface area (TPSA) is 83.0 Å². The van der Waals surface area contributed by atoms with Gasteiger partial charge in [0.15, 0.2) is 5.13 Å². The van der Waals surface area contributed by atoms with E-state index in [0.29, 0.717) is 23.4 Å². The van der Waals surface area contributed by atoms with E-state index >= 15 is 0 Å². The first kappa shape index (κ1) is 24.0. The molecule has 1 saturated heterocycles. The summed E-state index contributed by atoms with van der Waals surface area (Å²) >= 11 is 3.30. The molecule has 1 aromatic carbocycles. The molecule has 3 fully saturated rings. The summed E-state index contributed by atoms with van der Waals surface area (Å²) in [5.74, 6) is 0.878. The van der Waals surface area contributed by atoms with E-state index in [1.54, 1.807) is 23.1 Å². The van der Waals surface area contributed by atoms with Crippen LogP contribution in [0.25, 0.3) is 10.2 Å². The van der Waals surface area contributed by atoms with E-state index in [4.69, 9.17) is 4.98 Å². The van der Waals surface area contributed by atoms with Gasteiger partial charge in [-0.3, -0.25) is 4.79 Å². The van der Waals surface area contributed by atoms with Crippen molar-refractivity contribution in [3.8, 4) is 0 Å². The summed E-state index contributed by atoms with van der Waals surface area (Å²) < 4.78 is 1.07. The van der Waals surface area contributed by atoms with Crippen LogP contribution in [0.4, 0.5) is 11.1 Å². The van der Waals surface area contributed by atoms with Gasteiger partial charge in [-0.2, -0.15) is 0 Å². The molecule has 0 radical (unpaired) electrons. The maximum Gasteiger partial charge on any atom is 0.253 e. The molecule has 3 aliphatic rings. The predicted molar refractivity (Wildman–Crippen MR) is 148 cm³/mol. The van der Waals surface area contributed by atoms with Gasteiger partial charge < -0.3 is 15.5 Å². The standard InChI is InChI=1S/C27H34N6OS2/c1-35-21-15-28-25(29-16-21)30-19-6-7-20(14-19)31-26-32-22-8-5-18(13-23(22)36-26)24(34)33-12-11-27(17-33)9-3-2-4-10-27/h5,8,13,15-16,19-20H,2-4,6-7,9-12,14,17H2,1H3,(H,31,32)(H,28,29,30)/t19-,20-/m0/s1. The largest absolute Gasteiger partial charge is 0.359 e. The summed E-state index contributed by atoms with van der Waals surface area (Å²) in [4.78, 5) is 30.1. The summed E-state index contributed by atoms with van der Waals surface area (Å²) in [6.07, 6.45) is 16.7. The van der Waals surface area contributed by atoms with Crippen LogP contribution >= 0.6 is 23.1 Å². The number of aromatic nitrogens is 3. The Morgan fingerprint density at radius 3 is 2.64 bits per heavy atom. The molecule has 0 bridgehead atoms. The normalized spacial score (nSPS) is 23.4. The van der Waals surface area contributed by atoms with Gasteiger partial charge in [0.2, 0.25) is 5.95 Å². The Hall–Kier alpha value is -2.39. The maximum atomic E-state index is 13.3. The van der Waals surface area contributed by atoms with Crippen LogP contribution in [-0.4, -0.2) is 57.2 Å². The zero-order valence-corrected chi connectivity index (χ0v) is 22.5. The number of amides is 1. The van der Waals surface area contributed by atoms with Crippen LogP contribution < -0.4 is 10.6 Å². The van der Waals surface area contributed by atoms with Crippen molar-refractivity contribution in [3.05, 3.63) is 36.2 Å². The first-order valence-electron chi connectivity index (χ1n) is 13.2. The second-order valence-corrected chi connectivity index (χ2v) is 12.6. The Kier molecular flexibility index (Phi) is 6.77. The lowest BCUT2D eigenvalue weighted by atomic mass is 9.73. The molecule has 2 saturated carbocycles. The third kappa shape index (κ3) is 5.05. The van der Waals surface area contributed by atoms with Crippen LogP contribution in [0.3, 0.4) is 0 Å². The van der Waals surface area contributed by atoms with E-state index < -0.39 is 0 Å². The number of thioether (sulfide) groups is 1. The number of rotatable bonds is 6. The van der Waals surface area contributed by atoms with E-state index in [0.717, 1.165) is 58.2 Å². The Morgan fingerprint density at radius 1 is 1.08 bits per heavy atom. The maximum absolute atomic E-state index is 13.3. The van der Waals surface area contributed by atoms with Crippen LogP contribution in [0, 0.1) is 5.41 Å².